The first-order valence-electron chi connectivity index (χ1n) is 18.0. The van der Waals surface area contributed by atoms with Crippen LogP contribution in [0.4, 0.5) is 11.5 Å². The minimum Gasteiger partial charge on any atom is -0.480 e. The van der Waals surface area contributed by atoms with Gasteiger partial charge in [0, 0.05) is 35.6 Å². The number of hydrogen-bond acceptors (Lipinski definition) is 9. The lowest BCUT2D eigenvalue weighted by molar-refractivity contribution is -0.146. The van der Waals surface area contributed by atoms with Crippen LogP contribution in [0.25, 0.3) is 33.5 Å². The van der Waals surface area contributed by atoms with Gasteiger partial charge in [-0.25, -0.2) is 9.97 Å². The third kappa shape index (κ3) is 6.59. The third-order valence-electron chi connectivity index (χ3n) is 10.7. The molecule has 1 atom stereocenters. The van der Waals surface area contributed by atoms with Crippen LogP contribution in [0.2, 0.25) is 0 Å². The Kier molecular flexibility index (Phi) is 8.99. The van der Waals surface area contributed by atoms with Crippen molar-refractivity contribution in [2.45, 2.75) is 71.6 Å². The molecule has 2 aromatic carbocycles. The standard InChI is InChI=1S/C40H43N7O4/c1-25-29(9-7-11-31(25)39-44-33-22-47(23-35(33)51-39)36(48)24-46-18-4-3-13-34(46)40(49)50)30-10-8-12-32(26(30)2)43-38-37-28(14-15-41-38)19-27(20-42-37)21-45-16-5-6-17-45/h7-12,14-15,19-20,34H,3-6,13,16-18,21-24H2,1-2H3,(H,41,43)(H,49,50). The molecule has 51 heavy (non-hydrogen) atoms. The molecular formula is C40H43N7O4. The predicted molar refractivity (Wildman–Crippen MR) is 195 cm³/mol. The first kappa shape index (κ1) is 33.0. The van der Waals surface area contributed by atoms with Crippen molar-refractivity contribution in [1.82, 2.24) is 29.7 Å². The van der Waals surface area contributed by atoms with Gasteiger partial charge in [-0.3, -0.25) is 24.4 Å². The molecule has 262 valence electrons. The van der Waals surface area contributed by atoms with E-state index in [1.807, 2.05) is 30.6 Å². The normalized spacial score (nSPS) is 18.0. The van der Waals surface area contributed by atoms with Gasteiger partial charge >= 0.3 is 5.97 Å². The van der Waals surface area contributed by atoms with Gasteiger partial charge in [0.25, 0.3) is 0 Å². The molecule has 8 rings (SSSR count). The molecule has 11 nitrogen and oxygen atoms in total. The Balaban J connectivity index is 0.993. The lowest BCUT2D eigenvalue weighted by atomic mass is 9.93. The number of carbonyl (C=O) groups is 2. The molecule has 0 spiro atoms. The van der Waals surface area contributed by atoms with Crippen LogP contribution >= 0.6 is 0 Å². The quantitative estimate of drug-likeness (QED) is 0.173. The van der Waals surface area contributed by atoms with E-state index >= 15 is 0 Å². The van der Waals surface area contributed by atoms with Crippen molar-refractivity contribution in [1.29, 1.82) is 0 Å². The number of rotatable bonds is 9. The number of fused-ring (bicyclic) bond motifs is 2. The van der Waals surface area contributed by atoms with E-state index in [0.29, 0.717) is 37.7 Å². The van der Waals surface area contributed by atoms with Crippen LogP contribution in [0.15, 0.2) is 65.3 Å². The number of hydrogen-bond donors (Lipinski definition) is 2. The number of oxazole rings is 1. The molecular weight excluding hydrogens is 642 g/mol. The highest BCUT2D eigenvalue weighted by Crippen LogP contribution is 2.38. The van der Waals surface area contributed by atoms with Gasteiger partial charge in [-0.15, -0.1) is 0 Å². The van der Waals surface area contributed by atoms with Gasteiger partial charge in [0.15, 0.2) is 5.82 Å². The fourth-order valence-electron chi connectivity index (χ4n) is 7.90. The van der Waals surface area contributed by atoms with Gasteiger partial charge < -0.3 is 19.7 Å². The Morgan fingerprint density at radius 2 is 1.69 bits per heavy atom. The van der Waals surface area contributed by atoms with Crippen molar-refractivity contribution in [3.63, 3.8) is 0 Å². The van der Waals surface area contributed by atoms with Gasteiger partial charge in [-0.1, -0.05) is 30.7 Å². The Labute approximate surface area is 297 Å². The Morgan fingerprint density at radius 1 is 0.922 bits per heavy atom. The second-order valence-corrected chi connectivity index (χ2v) is 14.1. The first-order chi connectivity index (χ1) is 24.8. The number of aliphatic carboxylic acids is 1. The fourth-order valence-corrected chi connectivity index (χ4v) is 7.90. The average Bonchev–Trinajstić information content (AvgIpc) is 3.88. The van der Waals surface area contributed by atoms with Gasteiger partial charge in [0.1, 0.15) is 23.0 Å². The molecule has 2 saturated heterocycles. The SMILES string of the molecule is Cc1c(Nc2nccc3cc(CN4CCCC4)cnc23)cccc1-c1cccc(-c2nc3c(o2)CN(C(=O)CN2CCCCC2C(=O)O)C3)c1C. The molecule has 3 aromatic heterocycles. The number of nitrogens with zero attached hydrogens (tertiary/aromatic N) is 6. The molecule has 6 heterocycles. The molecule has 5 aromatic rings. The summed E-state index contributed by atoms with van der Waals surface area (Å²) >= 11 is 0. The van der Waals surface area contributed by atoms with Crippen LogP contribution in [0.1, 0.15) is 60.2 Å². The highest BCUT2D eigenvalue weighted by Gasteiger charge is 2.34. The Morgan fingerprint density at radius 3 is 2.49 bits per heavy atom. The van der Waals surface area contributed by atoms with Crippen molar-refractivity contribution in [3.8, 4) is 22.6 Å². The van der Waals surface area contributed by atoms with Crippen molar-refractivity contribution < 1.29 is 19.1 Å². The molecule has 0 radical (unpaired) electrons. The maximum absolute atomic E-state index is 13.2. The molecule has 2 N–H and O–H groups in total. The second-order valence-electron chi connectivity index (χ2n) is 14.1. The maximum Gasteiger partial charge on any atom is 0.320 e. The molecule has 3 aliphatic rings. The van der Waals surface area contributed by atoms with Crippen molar-refractivity contribution in [2.75, 3.05) is 31.5 Å². The highest BCUT2D eigenvalue weighted by molar-refractivity contribution is 5.91. The zero-order chi connectivity index (χ0) is 35.1. The number of carboxylic acids is 1. The number of carboxylic acid groups (broad SMARTS) is 1. The van der Waals surface area contributed by atoms with Crippen molar-refractivity contribution in [3.05, 3.63) is 89.1 Å². The summed E-state index contributed by atoms with van der Waals surface area (Å²) in [5.74, 6) is 0.981. The largest absolute Gasteiger partial charge is 0.480 e. The summed E-state index contributed by atoms with van der Waals surface area (Å²) in [7, 11) is 0. The van der Waals surface area contributed by atoms with E-state index in [1.54, 1.807) is 9.80 Å². The monoisotopic (exact) mass is 685 g/mol. The fraction of sp³-hybridized carbons (Fsp3) is 0.375. The number of anilines is 2. The zero-order valence-electron chi connectivity index (χ0n) is 29.2. The Hall–Kier alpha value is -5.13. The number of benzene rings is 2. The summed E-state index contributed by atoms with van der Waals surface area (Å²) in [5.41, 5.74) is 8.98. The number of likely N-dealkylation sites (tertiary alicyclic amines) is 2. The molecule has 0 aliphatic carbocycles. The molecule has 1 amide bonds. The average molecular weight is 686 g/mol. The number of amides is 1. The minimum absolute atomic E-state index is 0.0926. The number of carbonyl (C=O) groups excluding carboxylic acids is 1. The first-order valence-corrected chi connectivity index (χ1v) is 18.0. The van der Waals surface area contributed by atoms with E-state index in [-0.39, 0.29) is 12.5 Å². The van der Waals surface area contributed by atoms with Crippen molar-refractivity contribution >= 4 is 34.3 Å². The summed E-state index contributed by atoms with van der Waals surface area (Å²) in [4.78, 5) is 45.2. The van der Waals surface area contributed by atoms with Crippen LogP contribution < -0.4 is 5.32 Å². The molecule has 3 aliphatic heterocycles. The number of piperidine rings is 1. The summed E-state index contributed by atoms with van der Waals surface area (Å²) in [5, 5.41) is 14.3. The second kappa shape index (κ2) is 13.9. The Bertz CT molecular complexity index is 2100. The highest BCUT2D eigenvalue weighted by atomic mass is 16.4. The smallest absolute Gasteiger partial charge is 0.320 e. The lowest BCUT2D eigenvalue weighted by Crippen LogP contribution is -2.49. The lowest BCUT2D eigenvalue weighted by Gasteiger charge is -2.33. The van der Waals surface area contributed by atoms with E-state index in [1.165, 1.54) is 18.4 Å². The topological polar surface area (TPSA) is 128 Å². The maximum atomic E-state index is 13.2. The number of pyridine rings is 2. The van der Waals surface area contributed by atoms with Gasteiger partial charge in [-0.2, -0.15) is 0 Å². The van der Waals surface area contributed by atoms with Crippen LogP contribution in [-0.4, -0.2) is 78.9 Å². The number of aromatic nitrogens is 3. The molecule has 0 saturated carbocycles. The summed E-state index contributed by atoms with van der Waals surface area (Å²) in [6.45, 7) is 8.82. The van der Waals surface area contributed by atoms with E-state index in [2.05, 4.69) is 59.4 Å². The van der Waals surface area contributed by atoms with Gasteiger partial charge in [-0.05, 0) is 111 Å². The van der Waals surface area contributed by atoms with Crippen LogP contribution in [-0.2, 0) is 29.2 Å². The predicted octanol–water partition coefficient (Wildman–Crippen LogP) is 6.69. The van der Waals surface area contributed by atoms with E-state index in [4.69, 9.17) is 14.4 Å². The van der Waals surface area contributed by atoms with Crippen LogP contribution in [0, 0.1) is 13.8 Å². The molecule has 1 unspecified atom stereocenters. The van der Waals surface area contributed by atoms with E-state index in [0.717, 1.165) is 88.4 Å². The molecule has 11 heteroatoms. The third-order valence-corrected chi connectivity index (χ3v) is 10.7. The van der Waals surface area contributed by atoms with Crippen LogP contribution in [0.5, 0.6) is 0 Å². The number of nitrogens with one attached hydrogen (secondary N) is 1. The van der Waals surface area contributed by atoms with Crippen molar-refractivity contribution in [2.24, 2.45) is 0 Å². The van der Waals surface area contributed by atoms with Gasteiger partial charge in [0.05, 0.1) is 19.6 Å². The van der Waals surface area contributed by atoms with E-state index < -0.39 is 12.0 Å². The summed E-state index contributed by atoms with van der Waals surface area (Å²) in [6, 6.07) is 16.1. The van der Waals surface area contributed by atoms with E-state index in [9.17, 15) is 14.7 Å². The molecule has 2 fully saturated rings. The molecule has 0 bridgehead atoms. The summed E-state index contributed by atoms with van der Waals surface area (Å²) < 4.78 is 6.29. The minimum atomic E-state index is -0.862. The van der Waals surface area contributed by atoms with Gasteiger partial charge in [0.2, 0.25) is 11.8 Å². The zero-order valence-corrected chi connectivity index (χ0v) is 29.2. The summed E-state index contributed by atoms with van der Waals surface area (Å²) in [6.07, 6.45) is 8.70. The van der Waals surface area contributed by atoms with Crippen LogP contribution in [0.3, 0.4) is 0 Å².